The third-order valence-corrected chi connectivity index (χ3v) is 4.72. The Morgan fingerprint density at radius 3 is 2.12 bits per heavy atom. The van der Waals surface area contributed by atoms with E-state index in [-0.39, 0.29) is 5.56 Å². The number of anilines is 3. The molecule has 0 saturated carbocycles. The number of hydrogen-bond donors (Lipinski definition) is 2. The van der Waals surface area contributed by atoms with Crippen molar-refractivity contribution in [1.82, 2.24) is 9.55 Å². The second-order valence-electron chi connectivity index (χ2n) is 6.82. The van der Waals surface area contributed by atoms with Crippen LogP contribution in [-0.4, -0.2) is 15.6 Å². The van der Waals surface area contributed by atoms with Crippen LogP contribution in [0.25, 0.3) is 0 Å². The molecular formula is C20H30N4O. The zero-order valence-electron chi connectivity index (χ0n) is 16.4. The van der Waals surface area contributed by atoms with E-state index < -0.39 is 0 Å². The Kier molecular flexibility index (Phi) is 5.88. The van der Waals surface area contributed by atoms with Crippen LogP contribution in [0.3, 0.4) is 0 Å². The predicted octanol–water partition coefficient (Wildman–Crippen LogP) is 4.36. The minimum atomic E-state index is -0.0691. The molecule has 1 aromatic heterocycles. The molecule has 0 amide bonds. The highest BCUT2D eigenvalue weighted by Crippen LogP contribution is 2.26. The molecule has 2 aromatic rings. The van der Waals surface area contributed by atoms with E-state index in [1.807, 2.05) is 6.92 Å². The zero-order valence-corrected chi connectivity index (χ0v) is 16.4. The van der Waals surface area contributed by atoms with Crippen molar-refractivity contribution in [2.45, 2.75) is 60.4 Å². The summed E-state index contributed by atoms with van der Waals surface area (Å²) in [6.45, 7) is 12.3. The van der Waals surface area contributed by atoms with Gasteiger partial charge in [-0.1, -0.05) is 31.5 Å². The summed E-state index contributed by atoms with van der Waals surface area (Å²) in [4.78, 5) is 17.5. The molecular weight excluding hydrogens is 312 g/mol. The Balaban J connectivity index is 2.44. The lowest BCUT2D eigenvalue weighted by Gasteiger charge is -2.20. The summed E-state index contributed by atoms with van der Waals surface area (Å²) in [5.41, 5.74) is 5.61. The molecule has 0 aliphatic carbocycles. The van der Waals surface area contributed by atoms with Gasteiger partial charge in [0, 0.05) is 18.8 Å². The number of nitrogens with zero attached hydrogens (tertiary/aromatic N) is 2. The van der Waals surface area contributed by atoms with Gasteiger partial charge in [0.1, 0.15) is 5.69 Å². The molecule has 0 aliphatic heterocycles. The molecule has 0 saturated heterocycles. The van der Waals surface area contributed by atoms with E-state index >= 15 is 0 Å². The molecule has 0 unspecified atom stereocenters. The number of rotatable bonds is 6. The van der Waals surface area contributed by atoms with Gasteiger partial charge in [-0.05, 0) is 51.7 Å². The van der Waals surface area contributed by atoms with E-state index in [2.05, 4.69) is 62.4 Å². The standard InChI is InChI=1S/C20H30N4O/c1-8-16(9-2)22-20-21-15(6)18(19(25)24(20)7)23-17-13(4)10-12(3)11-14(17)5/h10-11,16,23H,8-9H2,1-7H3,(H,21,22). The van der Waals surface area contributed by atoms with Gasteiger partial charge in [-0.3, -0.25) is 9.36 Å². The lowest BCUT2D eigenvalue weighted by atomic mass is 10.0. The van der Waals surface area contributed by atoms with Crippen LogP contribution in [0.15, 0.2) is 16.9 Å². The first kappa shape index (κ1) is 19.0. The first-order valence-electron chi connectivity index (χ1n) is 8.97. The van der Waals surface area contributed by atoms with E-state index in [0.717, 1.165) is 29.7 Å². The molecule has 0 spiro atoms. The summed E-state index contributed by atoms with van der Waals surface area (Å²) in [5, 5.41) is 6.70. The van der Waals surface area contributed by atoms with E-state index in [4.69, 9.17) is 0 Å². The topological polar surface area (TPSA) is 59.0 Å². The summed E-state index contributed by atoms with van der Waals surface area (Å²) in [6, 6.07) is 4.55. The maximum absolute atomic E-state index is 12.9. The van der Waals surface area contributed by atoms with Gasteiger partial charge in [-0.25, -0.2) is 4.98 Å². The van der Waals surface area contributed by atoms with Crippen LogP contribution < -0.4 is 16.2 Å². The van der Waals surface area contributed by atoms with Crippen molar-refractivity contribution >= 4 is 17.3 Å². The summed E-state index contributed by atoms with van der Waals surface area (Å²) in [6.07, 6.45) is 1.99. The largest absolute Gasteiger partial charge is 0.353 e. The molecule has 0 aliphatic rings. The van der Waals surface area contributed by atoms with Crippen LogP contribution in [0.2, 0.25) is 0 Å². The first-order valence-corrected chi connectivity index (χ1v) is 8.97. The number of aryl methyl sites for hydroxylation is 4. The van der Waals surface area contributed by atoms with Crippen LogP contribution in [0, 0.1) is 27.7 Å². The van der Waals surface area contributed by atoms with E-state index in [1.54, 1.807) is 11.6 Å². The van der Waals surface area contributed by atoms with E-state index in [1.165, 1.54) is 5.56 Å². The van der Waals surface area contributed by atoms with Gasteiger partial charge in [0.05, 0.1) is 5.69 Å². The molecule has 0 atom stereocenters. The third kappa shape index (κ3) is 4.03. The van der Waals surface area contributed by atoms with Crippen LogP contribution in [0.1, 0.15) is 49.1 Å². The number of nitrogens with one attached hydrogen (secondary N) is 2. The lowest BCUT2D eigenvalue weighted by Crippen LogP contribution is -2.29. The molecule has 2 rings (SSSR count). The molecule has 136 valence electrons. The van der Waals surface area contributed by atoms with Crippen molar-refractivity contribution in [3.63, 3.8) is 0 Å². The molecule has 5 heteroatoms. The Hall–Kier alpha value is -2.30. The molecule has 1 aromatic carbocycles. The fraction of sp³-hybridized carbons (Fsp3) is 0.500. The van der Waals surface area contributed by atoms with E-state index in [9.17, 15) is 4.79 Å². The SMILES string of the molecule is CCC(CC)Nc1nc(C)c(Nc2c(C)cc(C)cc2C)c(=O)n1C. The summed E-state index contributed by atoms with van der Waals surface area (Å²) >= 11 is 0. The second kappa shape index (κ2) is 7.72. The normalized spacial score (nSPS) is 11.0. The van der Waals surface area contributed by atoms with Crippen molar-refractivity contribution in [3.8, 4) is 0 Å². The molecule has 0 radical (unpaired) electrons. The van der Waals surface area contributed by atoms with Gasteiger partial charge in [-0.2, -0.15) is 0 Å². The zero-order chi connectivity index (χ0) is 18.7. The average molecular weight is 342 g/mol. The predicted molar refractivity (Wildman–Crippen MR) is 106 cm³/mol. The van der Waals surface area contributed by atoms with Gasteiger partial charge < -0.3 is 10.6 Å². The molecule has 5 nitrogen and oxygen atoms in total. The molecule has 25 heavy (non-hydrogen) atoms. The second-order valence-corrected chi connectivity index (χ2v) is 6.82. The van der Waals surface area contributed by atoms with Crippen LogP contribution in [0.4, 0.5) is 17.3 Å². The van der Waals surface area contributed by atoms with Crippen molar-refractivity contribution in [1.29, 1.82) is 0 Å². The van der Waals surface area contributed by atoms with E-state index in [0.29, 0.717) is 23.4 Å². The van der Waals surface area contributed by atoms with Gasteiger partial charge in [0.25, 0.3) is 5.56 Å². The number of aromatic nitrogens is 2. The highest BCUT2D eigenvalue weighted by atomic mass is 16.1. The van der Waals surface area contributed by atoms with Crippen LogP contribution in [0.5, 0.6) is 0 Å². The summed E-state index contributed by atoms with van der Waals surface area (Å²) in [5.74, 6) is 0.624. The van der Waals surface area contributed by atoms with Gasteiger partial charge >= 0.3 is 0 Å². The minimum Gasteiger partial charge on any atom is -0.353 e. The van der Waals surface area contributed by atoms with Crippen LogP contribution in [-0.2, 0) is 7.05 Å². The molecule has 1 heterocycles. The lowest BCUT2D eigenvalue weighted by molar-refractivity contribution is 0.651. The van der Waals surface area contributed by atoms with Crippen molar-refractivity contribution in [3.05, 3.63) is 44.9 Å². The monoisotopic (exact) mass is 342 g/mol. The quantitative estimate of drug-likeness (QED) is 0.819. The Morgan fingerprint density at radius 2 is 1.60 bits per heavy atom. The van der Waals surface area contributed by atoms with Crippen molar-refractivity contribution in [2.75, 3.05) is 10.6 Å². The van der Waals surface area contributed by atoms with Crippen molar-refractivity contribution in [2.24, 2.45) is 7.05 Å². The fourth-order valence-electron chi connectivity index (χ4n) is 3.16. The average Bonchev–Trinajstić information content (AvgIpc) is 2.55. The Morgan fingerprint density at radius 1 is 1.04 bits per heavy atom. The highest BCUT2D eigenvalue weighted by molar-refractivity contribution is 5.68. The molecule has 0 bridgehead atoms. The summed E-state index contributed by atoms with van der Waals surface area (Å²) < 4.78 is 1.59. The maximum atomic E-state index is 12.9. The third-order valence-electron chi connectivity index (χ3n) is 4.72. The number of benzene rings is 1. The first-order chi connectivity index (χ1) is 11.8. The minimum absolute atomic E-state index is 0.0691. The van der Waals surface area contributed by atoms with Gasteiger partial charge in [0.2, 0.25) is 5.95 Å². The van der Waals surface area contributed by atoms with Crippen LogP contribution >= 0.6 is 0 Å². The molecule has 0 fully saturated rings. The summed E-state index contributed by atoms with van der Waals surface area (Å²) in [7, 11) is 1.76. The highest BCUT2D eigenvalue weighted by Gasteiger charge is 2.15. The van der Waals surface area contributed by atoms with Crippen molar-refractivity contribution < 1.29 is 0 Å². The van der Waals surface area contributed by atoms with Gasteiger partial charge in [0.15, 0.2) is 0 Å². The Labute approximate surface area is 150 Å². The molecule has 2 N–H and O–H groups in total. The smallest absolute Gasteiger partial charge is 0.278 e. The van der Waals surface area contributed by atoms with Gasteiger partial charge in [-0.15, -0.1) is 0 Å². The fourth-order valence-corrected chi connectivity index (χ4v) is 3.16. The Bertz CT molecular complexity index is 796. The number of hydrogen-bond acceptors (Lipinski definition) is 4. The maximum Gasteiger partial charge on any atom is 0.278 e.